The first kappa shape index (κ1) is 13.1. The third-order valence-electron chi connectivity index (χ3n) is 4.51. The van der Waals surface area contributed by atoms with Crippen molar-refractivity contribution in [2.45, 2.75) is 57.5 Å². The zero-order chi connectivity index (χ0) is 12.1. The van der Waals surface area contributed by atoms with E-state index < -0.39 is 0 Å². The van der Waals surface area contributed by atoms with E-state index in [2.05, 4.69) is 23.7 Å². The molecule has 0 spiro atoms. The van der Waals surface area contributed by atoms with Crippen molar-refractivity contribution >= 4 is 0 Å². The van der Waals surface area contributed by atoms with E-state index in [0.717, 1.165) is 24.5 Å². The van der Waals surface area contributed by atoms with Crippen molar-refractivity contribution in [3.05, 3.63) is 12.7 Å². The minimum atomic E-state index is 0.727. The molecule has 2 heteroatoms. The molecule has 1 saturated heterocycles. The van der Waals surface area contributed by atoms with Crippen LogP contribution < -0.4 is 5.32 Å². The predicted molar refractivity (Wildman–Crippen MR) is 74.2 cm³/mol. The van der Waals surface area contributed by atoms with Crippen LogP contribution in [-0.2, 0) is 0 Å². The lowest BCUT2D eigenvalue weighted by Gasteiger charge is -2.41. The van der Waals surface area contributed by atoms with E-state index in [0.29, 0.717) is 0 Å². The highest BCUT2D eigenvalue weighted by Crippen LogP contribution is 2.28. The number of nitrogens with one attached hydrogen (secondary N) is 1. The zero-order valence-electron chi connectivity index (χ0n) is 11.3. The first-order chi connectivity index (χ1) is 8.29. The molecular formula is C15H28N2. The molecule has 2 rings (SSSR count). The van der Waals surface area contributed by atoms with Gasteiger partial charge in [0.2, 0.25) is 0 Å². The molecule has 1 N–H and O–H groups in total. The largest absolute Gasteiger partial charge is 0.310 e. The molecule has 1 aliphatic carbocycles. The van der Waals surface area contributed by atoms with Gasteiger partial charge in [-0.3, -0.25) is 0 Å². The van der Waals surface area contributed by atoms with Crippen molar-refractivity contribution in [3.63, 3.8) is 0 Å². The van der Waals surface area contributed by atoms with Crippen molar-refractivity contribution in [1.82, 2.24) is 10.2 Å². The summed E-state index contributed by atoms with van der Waals surface area (Å²) in [7, 11) is 0. The van der Waals surface area contributed by atoms with E-state index in [1.54, 1.807) is 0 Å². The standard InChI is InChI=1S/C15H28N2/c1-3-9-16-14-7-10-17(11-8-14)15-6-4-5-13(2)12-15/h3,13-16H,1,4-12H2,2H3/t13-,15-/m1/s1. The van der Waals surface area contributed by atoms with Crippen LogP contribution in [0.15, 0.2) is 12.7 Å². The van der Waals surface area contributed by atoms with Gasteiger partial charge in [0, 0.05) is 18.6 Å². The van der Waals surface area contributed by atoms with Gasteiger partial charge in [0.15, 0.2) is 0 Å². The van der Waals surface area contributed by atoms with E-state index in [-0.39, 0.29) is 0 Å². The molecule has 98 valence electrons. The third kappa shape index (κ3) is 3.82. The molecule has 0 radical (unpaired) electrons. The Hall–Kier alpha value is -0.340. The summed E-state index contributed by atoms with van der Waals surface area (Å²) in [6, 6.07) is 1.62. The average Bonchev–Trinajstić information content (AvgIpc) is 2.37. The molecule has 1 aliphatic heterocycles. The molecule has 0 aromatic rings. The Morgan fingerprint density at radius 2 is 2.00 bits per heavy atom. The monoisotopic (exact) mass is 236 g/mol. The maximum absolute atomic E-state index is 3.77. The number of hydrogen-bond acceptors (Lipinski definition) is 2. The summed E-state index contributed by atoms with van der Waals surface area (Å²) in [5.41, 5.74) is 0. The Balaban J connectivity index is 1.72. The van der Waals surface area contributed by atoms with Crippen LogP contribution in [0, 0.1) is 5.92 Å². The van der Waals surface area contributed by atoms with Crippen molar-refractivity contribution in [2.75, 3.05) is 19.6 Å². The van der Waals surface area contributed by atoms with Gasteiger partial charge in [-0.2, -0.15) is 0 Å². The smallest absolute Gasteiger partial charge is 0.0134 e. The Bertz CT molecular complexity index is 231. The Labute approximate surface area is 106 Å². The molecular weight excluding hydrogens is 208 g/mol. The van der Waals surface area contributed by atoms with Gasteiger partial charge in [-0.25, -0.2) is 0 Å². The molecule has 2 aliphatic rings. The zero-order valence-corrected chi connectivity index (χ0v) is 11.3. The summed E-state index contributed by atoms with van der Waals surface area (Å²) < 4.78 is 0. The number of nitrogens with zero attached hydrogens (tertiary/aromatic N) is 1. The summed E-state index contributed by atoms with van der Waals surface area (Å²) in [6.07, 6.45) is 10.4. The summed E-state index contributed by atoms with van der Waals surface area (Å²) in [6.45, 7) is 9.75. The van der Waals surface area contributed by atoms with Gasteiger partial charge in [-0.05, 0) is 44.7 Å². The molecule has 0 unspecified atom stereocenters. The second-order valence-corrected chi connectivity index (χ2v) is 5.93. The van der Waals surface area contributed by atoms with Gasteiger partial charge in [0.05, 0.1) is 0 Å². The van der Waals surface area contributed by atoms with Crippen LogP contribution in [0.4, 0.5) is 0 Å². The predicted octanol–water partition coefficient (Wildman–Crippen LogP) is 2.81. The molecule has 0 aromatic carbocycles. The topological polar surface area (TPSA) is 15.3 Å². The minimum Gasteiger partial charge on any atom is -0.310 e. The lowest BCUT2D eigenvalue weighted by molar-refractivity contribution is 0.101. The molecule has 2 atom stereocenters. The van der Waals surface area contributed by atoms with E-state index >= 15 is 0 Å². The van der Waals surface area contributed by atoms with E-state index in [9.17, 15) is 0 Å². The van der Waals surface area contributed by atoms with Crippen molar-refractivity contribution in [1.29, 1.82) is 0 Å². The van der Waals surface area contributed by atoms with E-state index in [1.807, 2.05) is 6.08 Å². The van der Waals surface area contributed by atoms with Crippen molar-refractivity contribution in [2.24, 2.45) is 5.92 Å². The van der Waals surface area contributed by atoms with Crippen molar-refractivity contribution < 1.29 is 0 Å². The summed E-state index contributed by atoms with van der Waals surface area (Å²) in [4.78, 5) is 2.75. The van der Waals surface area contributed by atoms with Crippen LogP contribution in [0.1, 0.15) is 45.4 Å². The average molecular weight is 236 g/mol. The lowest BCUT2D eigenvalue weighted by atomic mass is 9.85. The second-order valence-electron chi connectivity index (χ2n) is 5.93. The molecule has 0 aromatic heterocycles. The molecule has 0 bridgehead atoms. The maximum Gasteiger partial charge on any atom is 0.0134 e. The SMILES string of the molecule is C=CCNC1CCN([C@@H]2CCC[C@@H](C)C2)CC1. The van der Waals surface area contributed by atoms with Gasteiger partial charge in [0.1, 0.15) is 0 Å². The summed E-state index contributed by atoms with van der Waals surface area (Å²) in [5, 5.41) is 3.56. The van der Waals surface area contributed by atoms with Crippen LogP contribution in [0.25, 0.3) is 0 Å². The summed E-state index contributed by atoms with van der Waals surface area (Å²) >= 11 is 0. The lowest BCUT2D eigenvalue weighted by Crippen LogP contribution is -2.47. The van der Waals surface area contributed by atoms with Crippen LogP contribution in [0.3, 0.4) is 0 Å². The van der Waals surface area contributed by atoms with Gasteiger partial charge in [0.25, 0.3) is 0 Å². The molecule has 2 nitrogen and oxygen atoms in total. The normalized spacial score (nSPS) is 32.5. The number of hydrogen-bond donors (Lipinski definition) is 1. The highest BCUT2D eigenvalue weighted by Gasteiger charge is 2.27. The highest BCUT2D eigenvalue weighted by atomic mass is 15.2. The molecule has 2 fully saturated rings. The minimum absolute atomic E-state index is 0.727. The number of piperidine rings is 1. The fourth-order valence-corrected chi connectivity index (χ4v) is 3.45. The molecule has 1 saturated carbocycles. The van der Waals surface area contributed by atoms with E-state index in [1.165, 1.54) is 51.6 Å². The quantitative estimate of drug-likeness (QED) is 0.755. The van der Waals surface area contributed by atoms with E-state index in [4.69, 9.17) is 0 Å². The fraction of sp³-hybridized carbons (Fsp3) is 0.867. The van der Waals surface area contributed by atoms with Crippen LogP contribution in [0.2, 0.25) is 0 Å². The first-order valence-electron chi connectivity index (χ1n) is 7.38. The third-order valence-corrected chi connectivity index (χ3v) is 4.51. The Morgan fingerprint density at radius 3 is 2.65 bits per heavy atom. The van der Waals surface area contributed by atoms with Gasteiger partial charge in [-0.1, -0.05) is 25.8 Å². The molecule has 1 heterocycles. The van der Waals surface area contributed by atoms with Crippen LogP contribution in [-0.4, -0.2) is 36.6 Å². The van der Waals surface area contributed by atoms with Gasteiger partial charge < -0.3 is 10.2 Å². The second kappa shape index (κ2) is 6.55. The maximum atomic E-state index is 3.77. The number of rotatable bonds is 4. The Morgan fingerprint density at radius 1 is 1.24 bits per heavy atom. The van der Waals surface area contributed by atoms with Gasteiger partial charge in [-0.15, -0.1) is 6.58 Å². The Kier molecular flexibility index (Phi) is 5.05. The summed E-state index contributed by atoms with van der Waals surface area (Å²) in [5.74, 6) is 0.949. The van der Waals surface area contributed by atoms with Crippen LogP contribution >= 0.6 is 0 Å². The fourth-order valence-electron chi connectivity index (χ4n) is 3.45. The molecule has 0 amide bonds. The first-order valence-corrected chi connectivity index (χ1v) is 7.38. The molecule has 17 heavy (non-hydrogen) atoms. The van der Waals surface area contributed by atoms with Crippen LogP contribution in [0.5, 0.6) is 0 Å². The highest BCUT2D eigenvalue weighted by molar-refractivity contribution is 4.85. The number of likely N-dealkylation sites (tertiary alicyclic amines) is 1. The van der Waals surface area contributed by atoms with Gasteiger partial charge >= 0.3 is 0 Å². The van der Waals surface area contributed by atoms with Crippen molar-refractivity contribution in [3.8, 4) is 0 Å².